The van der Waals surface area contributed by atoms with Crippen molar-refractivity contribution in [3.63, 3.8) is 0 Å². The minimum Gasteiger partial charge on any atom is -0.378 e. The molecule has 5 atom stereocenters. The van der Waals surface area contributed by atoms with Crippen LogP contribution in [0.5, 0.6) is 0 Å². The number of allylic oxidation sites excluding steroid dienone is 4. The summed E-state index contributed by atoms with van der Waals surface area (Å²) in [6.45, 7) is 4.27. The lowest BCUT2D eigenvalue weighted by Gasteiger charge is -2.39. The van der Waals surface area contributed by atoms with E-state index < -0.39 is 6.23 Å². The van der Waals surface area contributed by atoms with Crippen LogP contribution in [-0.4, -0.2) is 23.2 Å². The van der Waals surface area contributed by atoms with E-state index in [4.69, 9.17) is 11.6 Å². The molecule has 3 fully saturated rings. The lowest BCUT2D eigenvalue weighted by molar-refractivity contribution is -0.129. The molecule has 4 unspecified atom stereocenters. The second-order valence-electron chi connectivity index (χ2n) is 13.0. The van der Waals surface area contributed by atoms with Gasteiger partial charge < -0.3 is 5.11 Å². The van der Waals surface area contributed by atoms with E-state index in [1.165, 1.54) is 57.8 Å². The number of rotatable bonds is 8. The molecule has 4 heteroatoms. The van der Waals surface area contributed by atoms with Gasteiger partial charge in [-0.3, -0.25) is 10.1 Å². The van der Waals surface area contributed by atoms with E-state index >= 15 is 0 Å². The Morgan fingerprint density at radius 2 is 1.56 bits per heavy atom. The van der Waals surface area contributed by atoms with Gasteiger partial charge in [0.1, 0.15) is 6.23 Å². The number of carbonyl (C=O) groups excluding carboxylic acids is 1. The zero-order valence-electron chi connectivity index (χ0n) is 23.0. The smallest absolute Gasteiger partial charge is 0.153 e. The first-order valence-corrected chi connectivity index (χ1v) is 15.8. The summed E-state index contributed by atoms with van der Waals surface area (Å²) < 4.78 is 0. The molecule has 0 aliphatic heterocycles. The van der Waals surface area contributed by atoms with E-state index in [0.29, 0.717) is 17.6 Å². The van der Waals surface area contributed by atoms with E-state index in [1.54, 1.807) is 0 Å². The van der Waals surface area contributed by atoms with Gasteiger partial charge in [-0.25, -0.2) is 0 Å². The second kappa shape index (κ2) is 13.9. The van der Waals surface area contributed by atoms with Crippen molar-refractivity contribution in [1.29, 1.82) is 0 Å². The molecule has 4 rings (SSSR count). The topological polar surface area (TPSA) is 49.3 Å². The minimum atomic E-state index is -0.557. The highest BCUT2D eigenvalue weighted by Crippen LogP contribution is 2.41. The number of ketones is 1. The zero-order chi connectivity index (χ0) is 25.5. The predicted molar refractivity (Wildman–Crippen MR) is 151 cm³/mol. The van der Waals surface area contributed by atoms with Crippen molar-refractivity contribution in [2.24, 2.45) is 41.4 Å². The first kappa shape index (κ1) is 28.4. The van der Waals surface area contributed by atoms with Gasteiger partial charge in [0, 0.05) is 11.0 Å². The molecular formula is C32H52ClNO2. The first-order chi connectivity index (χ1) is 17.4. The molecule has 3 saturated carbocycles. The molecule has 2 N–H and O–H groups in total. The Labute approximate surface area is 225 Å². The third kappa shape index (κ3) is 7.70. The lowest BCUT2D eigenvalue weighted by atomic mass is 9.70. The highest BCUT2D eigenvalue weighted by molar-refractivity contribution is 6.31. The molecule has 0 spiro atoms. The van der Waals surface area contributed by atoms with Crippen molar-refractivity contribution in [2.45, 2.75) is 129 Å². The number of carbonyl (C=O) groups is 1. The number of Topliss-reactive ketones (excluding diaryl/α,β-unsaturated/α-hetero) is 1. The molecular weight excluding hydrogens is 466 g/mol. The van der Waals surface area contributed by atoms with Crippen molar-refractivity contribution in [3.05, 3.63) is 23.3 Å². The molecule has 3 nitrogen and oxygen atoms in total. The van der Waals surface area contributed by atoms with Crippen LogP contribution in [0.2, 0.25) is 0 Å². The van der Waals surface area contributed by atoms with Crippen molar-refractivity contribution in [1.82, 2.24) is 5.32 Å². The van der Waals surface area contributed by atoms with E-state index in [0.717, 1.165) is 61.8 Å². The SMILES string of the molecule is CC(C)[C@@H](NC(O)C1CCCC(C2CCCCCCC2)C1)C(=O)C1CCC(C2C=CC(Cl)=CC2)CC1. The molecule has 4 aliphatic carbocycles. The van der Waals surface area contributed by atoms with Gasteiger partial charge in [0.2, 0.25) is 0 Å². The number of aliphatic hydroxyl groups is 1. The molecule has 204 valence electrons. The molecule has 0 amide bonds. The van der Waals surface area contributed by atoms with E-state index in [-0.39, 0.29) is 23.8 Å². The molecule has 4 aliphatic rings. The zero-order valence-corrected chi connectivity index (χ0v) is 23.7. The Hall–Kier alpha value is -0.640. The Morgan fingerprint density at radius 1 is 0.889 bits per heavy atom. The van der Waals surface area contributed by atoms with Gasteiger partial charge in [-0.1, -0.05) is 95.4 Å². The lowest BCUT2D eigenvalue weighted by Crippen LogP contribution is -2.52. The average Bonchev–Trinajstić information content (AvgIpc) is 2.87. The van der Waals surface area contributed by atoms with Gasteiger partial charge in [-0.15, -0.1) is 0 Å². The maximum atomic E-state index is 13.7. The van der Waals surface area contributed by atoms with Crippen LogP contribution in [0.4, 0.5) is 0 Å². The predicted octanol–water partition coefficient (Wildman–Crippen LogP) is 8.16. The Bertz CT molecular complexity index is 745. The second-order valence-corrected chi connectivity index (χ2v) is 13.4. The Kier molecular flexibility index (Phi) is 11.0. The summed E-state index contributed by atoms with van der Waals surface area (Å²) in [6.07, 6.45) is 25.7. The van der Waals surface area contributed by atoms with Gasteiger partial charge in [0.15, 0.2) is 5.78 Å². The summed E-state index contributed by atoms with van der Waals surface area (Å²) >= 11 is 6.11. The first-order valence-electron chi connectivity index (χ1n) is 15.4. The number of hydrogen-bond donors (Lipinski definition) is 2. The summed E-state index contributed by atoms with van der Waals surface area (Å²) in [4.78, 5) is 13.7. The fourth-order valence-electron chi connectivity index (χ4n) is 7.91. The Morgan fingerprint density at radius 3 is 2.19 bits per heavy atom. The molecule has 0 aromatic rings. The molecule has 0 aromatic carbocycles. The summed E-state index contributed by atoms with van der Waals surface area (Å²) in [5.41, 5.74) is 0. The van der Waals surface area contributed by atoms with E-state index in [9.17, 15) is 9.90 Å². The van der Waals surface area contributed by atoms with Crippen LogP contribution < -0.4 is 5.32 Å². The maximum Gasteiger partial charge on any atom is 0.153 e. The van der Waals surface area contributed by atoms with Gasteiger partial charge in [-0.05, 0) is 86.5 Å². The Balaban J connectivity index is 1.28. The molecule has 0 bridgehead atoms. The van der Waals surface area contributed by atoms with Gasteiger partial charge in [0.25, 0.3) is 0 Å². The summed E-state index contributed by atoms with van der Waals surface area (Å²) in [6, 6.07) is -0.236. The minimum absolute atomic E-state index is 0.133. The van der Waals surface area contributed by atoms with Crippen molar-refractivity contribution in [3.8, 4) is 0 Å². The largest absolute Gasteiger partial charge is 0.378 e. The molecule has 0 radical (unpaired) electrons. The number of aliphatic hydroxyl groups excluding tert-OH is 1. The summed E-state index contributed by atoms with van der Waals surface area (Å²) in [5.74, 6) is 3.81. The number of halogens is 1. The van der Waals surface area contributed by atoms with Crippen molar-refractivity contribution in [2.75, 3.05) is 0 Å². The van der Waals surface area contributed by atoms with Crippen LogP contribution in [0.15, 0.2) is 23.3 Å². The van der Waals surface area contributed by atoms with Crippen LogP contribution in [0, 0.1) is 41.4 Å². The quantitative estimate of drug-likeness (QED) is 0.319. The van der Waals surface area contributed by atoms with Crippen LogP contribution in [0.25, 0.3) is 0 Å². The third-order valence-electron chi connectivity index (χ3n) is 10.2. The van der Waals surface area contributed by atoms with Crippen molar-refractivity contribution < 1.29 is 9.90 Å². The molecule has 36 heavy (non-hydrogen) atoms. The number of nitrogens with one attached hydrogen (secondary N) is 1. The molecule has 0 heterocycles. The fourth-order valence-corrected chi connectivity index (χ4v) is 8.07. The number of hydrogen-bond acceptors (Lipinski definition) is 3. The highest BCUT2D eigenvalue weighted by atomic mass is 35.5. The summed E-state index contributed by atoms with van der Waals surface area (Å²) in [7, 11) is 0. The van der Waals surface area contributed by atoms with Crippen LogP contribution >= 0.6 is 11.6 Å². The van der Waals surface area contributed by atoms with Crippen LogP contribution in [0.3, 0.4) is 0 Å². The van der Waals surface area contributed by atoms with Crippen LogP contribution in [-0.2, 0) is 4.79 Å². The van der Waals surface area contributed by atoms with Gasteiger partial charge in [0.05, 0.1) is 6.04 Å². The van der Waals surface area contributed by atoms with Crippen LogP contribution in [0.1, 0.15) is 117 Å². The average molecular weight is 518 g/mol. The van der Waals surface area contributed by atoms with E-state index in [2.05, 4.69) is 31.3 Å². The molecule has 0 saturated heterocycles. The van der Waals surface area contributed by atoms with Gasteiger partial charge in [-0.2, -0.15) is 0 Å². The highest BCUT2D eigenvalue weighted by Gasteiger charge is 2.37. The van der Waals surface area contributed by atoms with E-state index in [1.807, 2.05) is 6.08 Å². The summed E-state index contributed by atoms with van der Waals surface area (Å²) in [5, 5.41) is 15.6. The fraction of sp³-hybridized carbons (Fsp3) is 0.844. The maximum absolute atomic E-state index is 13.7. The third-order valence-corrected chi connectivity index (χ3v) is 10.5. The monoisotopic (exact) mass is 517 g/mol. The van der Waals surface area contributed by atoms with Gasteiger partial charge >= 0.3 is 0 Å². The molecule has 0 aromatic heterocycles. The normalized spacial score (nSPS) is 34.5. The van der Waals surface area contributed by atoms with Crippen molar-refractivity contribution >= 4 is 17.4 Å². The standard InChI is InChI=1S/C32H52ClNO2/c1-22(2)30(31(35)26-15-13-24(14-16-26)25-17-19-29(33)20-18-25)34-32(36)28-12-8-11-27(21-28)23-9-6-4-3-5-7-10-23/h17,19-20,22-28,30,32,34,36H,3-16,18,21H2,1-2H3/t24?,25?,26?,27?,28?,30-,32?/m1/s1.